The minimum absolute atomic E-state index is 0.0394. The number of nitrogens with one attached hydrogen (secondary N) is 1. The summed E-state index contributed by atoms with van der Waals surface area (Å²) in [6.07, 6.45) is 0. The van der Waals surface area contributed by atoms with Gasteiger partial charge in [-0.2, -0.15) is 5.10 Å². The first kappa shape index (κ1) is 19.7. The molecule has 1 aromatic heterocycles. The Balaban J connectivity index is 1.69. The number of benzene rings is 3. The van der Waals surface area contributed by atoms with Gasteiger partial charge in [0.15, 0.2) is 0 Å². The highest BCUT2D eigenvalue weighted by molar-refractivity contribution is 6.31. The number of aromatic hydroxyl groups is 1. The number of amides is 1. The standard InChI is InChI=1S/C24H17Cl2N3O2/c25-16-8-4-7-15(11-16)23-20-21(18-12-17(26)9-10-19(18)30)27-28-22(20)24(31)29(23)13-14-5-2-1-3-6-14/h1-12,23,30H,13H2,(H,27,28). The number of halogens is 2. The Kier molecular flexibility index (Phi) is 4.93. The molecule has 0 aliphatic carbocycles. The lowest BCUT2D eigenvalue weighted by molar-refractivity contribution is 0.0730. The third kappa shape index (κ3) is 3.46. The first-order valence-corrected chi connectivity index (χ1v) is 10.5. The van der Waals surface area contributed by atoms with Crippen molar-refractivity contribution in [3.05, 3.63) is 105 Å². The topological polar surface area (TPSA) is 69.2 Å². The number of phenols is 1. The second-order valence-corrected chi connectivity index (χ2v) is 8.27. The van der Waals surface area contributed by atoms with Crippen molar-refractivity contribution in [3.63, 3.8) is 0 Å². The van der Waals surface area contributed by atoms with E-state index in [1.165, 1.54) is 6.07 Å². The molecule has 2 N–H and O–H groups in total. The van der Waals surface area contributed by atoms with E-state index in [0.29, 0.717) is 39.1 Å². The highest BCUT2D eigenvalue weighted by Crippen LogP contribution is 2.45. The van der Waals surface area contributed by atoms with Gasteiger partial charge in [-0.25, -0.2) is 0 Å². The van der Waals surface area contributed by atoms with Crippen molar-refractivity contribution in [1.29, 1.82) is 0 Å². The Labute approximate surface area is 188 Å². The van der Waals surface area contributed by atoms with E-state index < -0.39 is 6.04 Å². The van der Waals surface area contributed by atoms with Crippen LogP contribution in [0.2, 0.25) is 10.0 Å². The molecule has 1 unspecified atom stereocenters. The van der Waals surface area contributed by atoms with Crippen molar-refractivity contribution in [3.8, 4) is 17.0 Å². The summed E-state index contributed by atoms with van der Waals surface area (Å²) < 4.78 is 0. The van der Waals surface area contributed by atoms with Crippen molar-refractivity contribution in [2.75, 3.05) is 0 Å². The van der Waals surface area contributed by atoms with Crippen LogP contribution in [0, 0.1) is 0 Å². The maximum absolute atomic E-state index is 13.4. The molecule has 0 spiro atoms. The third-order valence-corrected chi connectivity index (χ3v) is 5.91. The average molecular weight is 450 g/mol. The minimum atomic E-state index is -0.423. The number of aromatic nitrogens is 2. The Morgan fingerprint density at radius 2 is 1.74 bits per heavy atom. The van der Waals surface area contributed by atoms with Crippen LogP contribution < -0.4 is 0 Å². The minimum Gasteiger partial charge on any atom is -0.507 e. The van der Waals surface area contributed by atoms with Crippen LogP contribution in [0.3, 0.4) is 0 Å². The molecule has 3 aromatic carbocycles. The van der Waals surface area contributed by atoms with Crippen molar-refractivity contribution >= 4 is 29.1 Å². The molecule has 0 bridgehead atoms. The number of fused-ring (bicyclic) bond motifs is 1. The van der Waals surface area contributed by atoms with Gasteiger partial charge in [0.25, 0.3) is 5.91 Å². The molecule has 1 atom stereocenters. The number of H-pyrrole nitrogens is 1. The quantitative estimate of drug-likeness (QED) is 0.411. The predicted octanol–water partition coefficient (Wildman–Crippen LogP) is 5.83. The maximum Gasteiger partial charge on any atom is 0.273 e. The Bertz CT molecular complexity index is 1290. The zero-order valence-corrected chi connectivity index (χ0v) is 17.7. The second kappa shape index (κ2) is 7.76. The van der Waals surface area contributed by atoms with Gasteiger partial charge >= 0.3 is 0 Å². The summed E-state index contributed by atoms with van der Waals surface area (Å²) in [5.41, 5.74) is 3.92. The summed E-state index contributed by atoms with van der Waals surface area (Å²) in [7, 11) is 0. The highest BCUT2D eigenvalue weighted by Gasteiger charge is 2.42. The summed E-state index contributed by atoms with van der Waals surface area (Å²) in [6.45, 7) is 0.417. The normalized spacial score (nSPS) is 15.4. The fraction of sp³-hybridized carbons (Fsp3) is 0.0833. The van der Waals surface area contributed by atoms with Gasteiger partial charge in [0.2, 0.25) is 0 Å². The molecule has 5 nitrogen and oxygen atoms in total. The summed E-state index contributed by atoms with van der Waals surface area (Å²) in [6, 6.07) is 21.6. The van der Waals surface area contributed by atoms with E-state index in [4.69, 9.17) is 23.2 Å². The number of carbonyl (C=O) groups excluding carboxylic acids is 1. The molecule has 1 aliphatic heterocycles. The van der Waals surface area contributed by atoms with Gasteiger partial charge in [-0.15, -0.1) is 0 Å². The molecule has 1 aliphatic rings. The molecule has 31 heavy (non-hydrogen) atoms. The highest BCUT2D eigenvalue weighted by atomic mass is 35.5. The predicted molar refractivity (Wildman–Crippen MR) is 120 cm³/mol. The van der Waals surface area contributed by atoms with E-state index >= 15 is 0 Å². The molecule has 0 fully saturated rings. The van der Waals surface area contributed by atoms with Crippen LogP contribution >= 0.6 is 23.2 Å². The Hall–Kier alpha value is -3.28. The van der Waals surface area contributed by atoms with Gasteiger partial charge < -0.3 is 10.0 Å². The molecule has 7 heteroatoms. The third-order valence-electron chi connectivity index (χ3n) is 5.44. The summed E-state index contributed by atoms with van der Waals surface area (Å²) >= 11 is 12.5. The summed E-state index contributed by atoms with van der Waals surface area (Å²) in [5.74, 6) is -0.124. The monoisotopic (exact) mass is 449 g/mol. The summed E-state index contributed by atoms with van der Waals surface area (Å²) in [4.78, 5) is 15.2. The molecule has 154 valence electrons. The zero-order chi connectivity index (χ0) is 21.5. The van der Waals surface area contributed by atoms with Gasteiger partial charge in [0.05, 0.1) is 6.04 Å². The van der Waals surface area contributed by atoms with E-state index in [1.54, 1.807) is 23.1 Å². The zero-order valence-electron chi connectivity index (χ0n) is 16.2. The van der Waals surface area contributed by atoms with Crippen molar-refractivity contribution in [2.45, 2.75) is 12.6 Å². The van der Waals surface area contributed by atoms with Crippen molar-refractivity contribution < 1.29 is 9.90 Å². The van der Waals surface area contributed by atoms with Crippen LogP contribution in [0.5, 0.6) is 5.75 Å². The lowest BCUT2D eigenvalue weighted by atomic mass is 9.95. The average Bonchev–Trinajstić information content (AvgIpc) is 3.30. The number of phenolic OH excluding ortho intramolecular Hbond substituents is 1. The lowest BCUT2D eigenvalue weighted by Gasteiger charge is -2.26. The number of carbonyl (C=O) groups is 1. The Morgan fingerprint density at radius 1 is 0.968 bits per heavy atom. The SMILES string of the molecule is O=C1c2[nH]nc(-c3cc(Cl)ccc3O)c2C(c2cccc(Cl)c2)N1Cc1ccccc1. The first-order chi connectivity index (χ1) is 15.0. The van der Waals surface area contributed by atoms with Gasteiger partial charge in [-0.05, 0) is 41.5 Å². The van der Waals surface area contributed by atoms with E-state index in [9.17, 15) is 9.90 Å². The fourth-order valence-corrected chi connectivity index (χ4v) is 4.44. The number of hydrogen-bond donors (Lipinski definition) is 2. The summed E-state index contributed by atoms with van der Waals surface area (Å²) in [5, 5.41) is 18.8. The van der Waals surface area contributed by atoms with E-state index in [-0.39, 0.29) is 11.7 Å². The molecule has 0 radical (unpaired) electrons. The molecular weight excluding hydrogens is 433 g/mol. The molecular formula is C24H17Cl2N3O2. The van der Waals surface area contributed by atoms with Crippen LogP contribution in [-0.2, 0) is 6.54 Å². The number of aromatic amines is 1. The van der Waals surface area contributed by atoms with E-state index in [2.05, 4.69) is 10.2 Å². The molecule has 0 saturated heterocycles. The molecule has 4 aromatic rings. The number of hydrogen-bond acceptors (Lipinski definition) is 3. The lowest BCUT2D eigenvalue weighted by Crippen LogP contribution is -2.29. The second-order valence-electron chi connectivity index (χ2n) is 7.40. The van der Waals surface area contributed by atoms with Crippen molar-refractivity contribution in [1.82, 2.24) is 15.1 Å². The maximum atomic E-state index is 13.4. The van der Waals surface area contributed by atoms with Gasteiger partial charge in [-0.1, -0.05) is 65.7 Å². The van der Waals surface area contributed by atoms with Crippen LogP contribution in [0.25, 0.3) is 11.3 Å². The Morgan fingerprint density at radius 3 is 2.52 bits per heavy atom. The molecule has 2 heterocycles. The number of nitrogens with zero attached hydrogens (tertiary/aromatic N) is 2. The number of rotatable bonds is 4. The van der Waals surface area contributed by atoms with Gasteiger partial charge in [0.1, 0.15) is 17.1 Å². The van der Waals surface area contributed by atoms with Gasteiger partial charge in [-0.3, -0.25) is 9.89 Å². The van der Waals surface area contributed by atoms with E-state index in [0.717, 1.165) is 11.1 Å². The largest absolute Gasteiger partial charge is 0.507 e. The molecule has 5 rings (SSSR count). The molecule has 1 amide bonds. The van der Waals surface area contributed by atoms with Crippen LogP contribution in [-0.4, -0.2) is 26.1 Å². The van der Waals surface area contributed by atoms with E-state index in [1.807, 2.05) is 48.5 Å². The van der Waals surface area contributed by atoms with Crippen molar-refractivity contribution in [2.24, 2.45) is 0 Å². The first-order valence-electron chi connectivity index (χ1n) is 9.70. The van der Waals surface area contributed by atoms with Gasteiger partial charge in [0, 0.05) is 27.7 Å². The van der Waals surface area contributed by atoms with Crippen LogP contribution in [0.1, 0.15) is 33.2 Å². The molecule has 0 saturated carbocycles. The fourth-order valence-electron chi connectivity index (χ4n) is 4.07. The van der Waals surface area contributed by atoms with Crippen LogP contribution in [0.15, 0.2) is 72.8 Å². The van der Waals surface area contributed by atoms with Crippen LogP contribution in [0.4, 0.5) is 0 Å². The smallest absolute Gasteiger partial charge is 0.273 e.